The first-order valence-corrected chi connectivity index (χ1v) is 9.00. The van der Waals surface area contributed by atoms with Gasteiger partial charge in [-0.1, -0.05) is 0 Å². The van der Waals surface area contributed by atoms with Crippen molar-refractivity contribution in [3.63, 3.8) is 0 Å². The van der Waals surface area contributed by atoms with E-state index in [0.717, 1.165) is 0 Å². The van der Waals surface area contributed by atoms with Crippen LogP contribution < -0.4 is 16.0 Å². The number of carbonyl (C=O) groups is 1. The Morgan fingerprint density at radius 2 is 2.14 bits per heavy atom. The molecule has 0 saturated carbocycles. The number of alkyl halides is 3. The molecule has 0 radical (unpaired) electrons. The molecule has 1 fully saturated rings. The van der Waals surface area contributed by atoms with Gasteiger partial charge in [0.1, 0.15) is 11.9 Å². The van der Waals surface area contributed by atoms with Gasteiger partial charge in [-0.05, 0) is 12.1 Å². The van der Waals surface area contributed by atoms with Gasteiger partial charge in [0, 0.05) is 38.8 Å². The predicted octanol–water partition coefficient (Wildman–Crippen LogP) is 1.76. The highest BCUT2D eigenvalue weighted by atomic mass is 19.3. The second-order valence-corrected chi connectivity index (χ2v) is 6.83. The van der Waals surface area contributed by atoms with E-state index < -0.39 is 24.2 Å². The fourth-order valence-corrected chi connectivity index (χ4v) is 3.27. The molecule has 29 heavy (non-hydrogen) atoms. The van der Waals surface area contributed by atoms with Crippen molar-refractivity contribution in [2.75, 3.05) is 23.7 Å². The van der Waals surface area contributed by atoms with Crippen LogP contribution in [0.25, 0.3) is 5.52 Å². The number of piperidine rings is 1. The summed E-state index contributed by atoms with van der Waals surface area (Å²) in [5.41, 5.74) is 0.104. The molecule has 0 spiro atoms. The summed E-state index contributed by atoms with van der Waals surface area (Å²) in [7, 11) is 1.49. The Morgan fingerprint density at radius 1 is 1.31 bits per heavy atom. The van der Waals surface area contributed by atoms with Crippen LogP contribution in [0, 0.1) is 0 Å². The first kappa shape index (κ1) is 19.2. The van der Waals surface area contributed by atoms with Gasteiger partial charge in [-0.2, -0.15) is 5.10 Å². The van der Waals surface area contributed by atoms with Crippen molar-refractivity contribution < 1.29 is 18.0 Å². The summed E-state index contributed by atoms with van der Waals surface area (Å²) in [6.45, 7) is 0.882. The van der Waals surface area contributed by atoms with E-state index in [1.807, 2.05) is 0 Å². The predicted molar refractivity (Wildman–Crippen MR) is 98.9 cm³/mol. The Morgan fingerprint density at radius 3 is 2.90 bits per heavy atom. The van der Waals surface area contributed by atoms with Crippen molar-refractivity contribution in [2.45, 2.75) is 25.1 Å². The van der Waals surface area contributed by atoms with E-state index in [1.54, 1.807) is 6.07 Å². The molecular weight excluding hydrogens is 389 g/mol. The fraction of sp³-hybridized carbons (Fsp3) is 0.412. The number of nitrogens with one attached hydrogen (secondary N) is 3. The van der Waals surface area contributed by atoms with Gasteiger partial charge in [0.25, 0.3) is 12.3 Å². The third kappa shape index (κ3) is 4.01. The Balaban J connectivity index is 1.56. The highest BCUT2D eigenvalue weighted by Crippen LogP contribution is 2.25. The summed E-state index contributed by atoms with van der Waals surface area (Å²) in [5.74, 6) is -0.383. The SMILES string of the molecule is Cn1cc(NC(=O)c2ccc3cnc(N[C@H]4CNC[C@H](F)C4)nn23)c(C(F)F)n1. The number of hydrogen-bond acceptors (Lipinski definition) is 6. The molecule has 0 unspecified atom stereocenters. The highest BCUT2D eigenvalue weighted by molar-refractivity contribution is 6.04. The summed E-state index contributed by atoms with van der Waals surface area (Å²) in [5, 5.41) is 16.4. The second kappa shape index (κ2) is 7.70. The van der Waals surface area contributed by atoms with Crippen LogP contribution in [-0.2, 0) is 7.05 Å². The lowest BCUT2D eigenvalue weighted by Gasteiger charge is -2.26. The molecule has 9 nitrogen and oxygen atoms in total. The van der Waals surface area contributed by atoms with Crippen LogP contribution in [0.2, 0.25) is 0 Å². The van der Waals surface area contributed by atoms with E-state index in [9.17, 15) is 18.0 Å². The molecule has 2 atom stereocenters. The topological polar surface area (TPSA) is 101 Å². The molecule has 0 aliphatic carbocycles. The van der Waals surface area contributed by atoms with Gasteiger partial charge in [-0.3, -0.25) is 9.48 Å². The molecule has 0 aromatic carbocycles. The van der Waals surface area contributed by atoms with E-state index in [4.69, 9.17) is 0 Å². The largest absolute Gasteiger partial charge is 0.349 e. The fourth-order valence-electron chi connectivity index (χ4n) is 3.27. The number of aromatic nitrogens is 5. The summed E-state index contributed by atoms with van der Waals surface area (Å²) in [4.78, 5) is 16.8. The minimum Gasteiger partial charge on any atom is -0.349 e. The second-order valence-electron chi connectivity index (χ2n) is 6.83. The zero-order chi connectivity index (χ0) is 20.5. The molecule has 154 valence electrons. The van der Waals surface area contributed by atoms with E-state index >= 15 is 0 Å². The van der Waals surface area contributed by atoms with E-state index in [-0.39, 0.29) is 23.4 Å². The number of hydrogen-bond donors (Lipinski definition) is 3. The van der Waals surface area contributed by atoms with Crippen molar-refractivity contribution in [3.8, 4) is 0 Å². The average molecular weight is 408 g/mol. The molecule has 4 heterocycles. The quantitative estimate of drug-likeness (QED) is 0.595. The van der Waals surface area contributed by atoms with Crippen LogP contribution in [0.3, 0.4) is 0 Å². The number of rotatable bonds is 5. The van der Waals surface area contributed by atoms with Gasteiger partial charge in [-0.25, -0.2) is 22.7 Å². The summed E-state index contributed by atoms with van der Waals surface area (Å²) in [6, 6.07) is 2.96. The monoisotopic (exact) mass is 408 g/mol. The summed E-state index contributed by atoms with van der Waals surface area (Å²) >= 11 is 0. The molecule has 3 aromatic rings. The molecule has 4 rings (SSSR count). The maximum Gasteiger partial charge on any atom is 0.284 e. The van der Waals surface area contributed by atoms with Gasteiger partial charge in [0.15, 0.2) is 5.69 Å². The van der Waals surface area contributed by atoms with Crippen LogP contribution in [0.1, 0.15) is 29.0 Å². The van der Waals surface area contributed by atoms with Gasteiger partial charge in [0.2, 0.25) is 5.95 Å². The number of amides is 1. The van der Waals surface area contributed by atoms with Crippen LogP contribution in [0.15, 0.2) is 24.5 Å². The third-order valence-corrected chi connectivity index (χ3v) is 4.57. The van der Waals surface area contributed by atoms with Crippen LogP contribution in [0.4, 0.5) is 24.8 Å². The Bertz CT molecular complexity index is 1030. The van der Waals surface area contributed by atoms with Crippen LogP contribution in [0.5, 0.6) is 0 Å². The molecule has 12 heteroatoms. The number of aryl methyl sites for hydroxylation is 1. The smallest absolute Gasteiger partial charge is 0.284 e. The summed E-state index contributed by atoms with van der Waals surface area (Å²) < 4.78 is 42.3. The lowest BCUT2D eigenvalue weighted by Crippen LogP contribution is -2.44. The van der Waals surface area contributed by atoms with Gasteiger partial charge < -0.3 is 16.0 Å². The number of nitrogens with zero attached hydrogens (tertiary/aromatic N) is 5. The van der Waals surface area contributed by atoms with Crippen molar-refractivity contribution >= 4 is 23.1 Å². The first-order valence-electron chi connectivity index (χ1n) is 9.00. The third-order valence-electron chi connectivity index (χ3n) is 4.57. The molecule has 1 saturated heterocycles. The van der Waals surface area contributed by atoms with Crippen molar-refractivity contribution in [2.24, 2.45) is 7.05 Å². The van der Waals surface area contributed by atoms with E-state index in [2.05, 4.69) is 31.1 Å². The van der Waals surface area contributed by atoms with Gasteiger partial charge >= 0.3 is 0 Å². The molecule has 1 aliphatic heterocycles. The summed E-state index contributed by atoms with van der Waals surface area (Å²) in [6.07, 6.45) is -0.631. The molecule has 0 bridgehead atoms. The minimum absolute atomic E-state index is 0.0721. The molecule has 3 N–H and O–H groups in total. The molecule has 3 aromatic heterocycles. The lowest BCUT2D eigenvalue weighted by atomic mass is 10.1. The molecular formula is C17H19F3N8O. The highest BCUT2D eigenvalue weighted by Gasteiger charge is 2.23. The van der Waals surface area contributed by atoms with Crippen molar-refractivity contribution in [1.82, 2.24) is 29.7 Å². The standard InChI is InChI=1S/C17H19F3N8O/c1-27-8-12(14(25-27)15(19)20)24-16(29)13-3-2-11-7-22-17(26-28(11)13)23-10-4-9(18)5-21-6-10/h2-3,7-10,15,21H,4-6H2,1H3,(H,23,26)(H,24,29)/t9-,10-/m1/s1. The maximum atomic E-state index is 13.5. The first-order chi connectivity index (χ1) is 13.9. The zero-order valence-electron chi connectivity index (χ0n) is 15.4. The minimum atomic E-state index is -2.82. The van der Waals surface area contributed by atoms with E-state index in [0.29, 0.717) is 25.0 Å². The van der Waals surface area contributed by atoms with Gasteiger partial charge in [0.05, 0.1) is 17.4 Å². The zero-order valence-corrected chi connectivity index (χ0v) is 15.4. The lowest BCUT2D eigenvalue weighted by molar-refractivity contribution is 0.101. The molecule has 1 amide bonds. The van der Waals surface area contributed by atoms with Gasteiger partial charge in [-0.15, -0.1) is 5.10 Å². The number of fused-ring (bicyclic) bond motifs is 1. The number of anilines is 2. The average Bonchev–Trinajstić information content (AvgIpc) is 3.24. The normalized spacial score (nSPS) is 19.6. The number of carbonyl (C=O) groups excluding carboxylic acids is 1. The van der Waals surface area contributed by atoms with Crippen LogP contribution >= 0.6 is 0 Å². The molecule has 1 aliphatic rings. The van der Waals surface area contributed by atoms with Crippen molar-refractivity contribution in [3.05, 3.63) is 35.9 Å². The Kier molecular flexibility index (Phi) is 5.09. The Hall–Kier alpha value is -3.15. The van der Waals surface area contributed by atoms with Crippen molar-refractivity contribution in [1.29, 1.82) is 0 Å². The maximum absolute atomic E-state index is 13.5. The number of halogens is 3. The van der Waals surface area contributed by atoms with E-state index in [1.165, 1.54) is 34.7 Å². The van der Waals surface area contributed by atoms with Crippen LogP contribution in [-0.4, -0.2) is 55.6 Å². The Labute approximate surface area is 163 Å².